The molecule has 0 aromatic heterocycles. The van der Waals surface area contributed by atoms with Crippen LogP contribution in [0.2, 0.25) is 0 Å². The number of carbonyl (C=O) groups is 3. The minimum atomic E-state index is -0.234. The van der Waals surface area contributed by atoms with Crippen molar-refractivity contribution >= 4 is 23.4 Å². The molecule has 1 atom stereocenters. The molecule has 0 aliphatic carbocycles. The Labute approximate surface area is 180 Å². The molecule has 3 amide bonds. The number of carbonyl (C=O) groups excluding carboxylic acids is 3. The molecule has 1 unspecified atom stereocenters. The lowest BCUT2D eigenvalue weighted by atomic mass is 9.90. The number of nitrogens with zero attached hydrogens (tertiary/aromatic N) is 1. The van der Waals surface area contributed by atoms with Crippen molar-refractivity contribution in [3.8, 4) is 0 Å². The molecule has 0 saturated carbocycles. The van der Waals surface area contributed by atoms with Crippen LogP contribution in [0.15, 0.2) is 24.3 Å². The molecule has 1 aliphatic heterocycles. The smallest absolute Gasteiger partial charge is 0.234 e. The first-order chi connectivity index (χ1) is 14.3. The topological polar surface area (TPSA) is 78.5 Å². The highest BCUT2D eigenvalue weighted by molar-refractivity contribution is 6.00. The Morgan fingerprint density at radius 2 is 1.67 bits per heavy atom. The van der Waals surface area contributed by atoms with Gasteiger partial charge in [-0.15, -0.1) is 0 Å². The average molecular weight is 416 g/mol. The van der Waals surface area contributed by atoms with Crippen LogP contribution in [0.25, 0.3) is 0 Å². The van der Waals surface area contributed by atoms with Crippen molar-refractivity contribution in [1.82, 2.24) is 10.2 Å². The second kappa shape index (κ2) is 11.7. The molecule has 1 heterocycles. The quantitative estimate of drug-likeness (QED) is 0.419. The fourth-order valence-electron chi connectivity index (χ4n) is 4.13. The standard InChI is InChI=1S/C24H37N3O3/c1-17(2)27(18(3)4)23(29)9-7-5-6-8-16-25-20-12-10-19(11-13-20)21-14-15-22(28)26-24(21)30/h10-13,17-18,21,25H,5-9,14-16H2,1-4H3,(H,26,28,30). The maximum Gasteiger partial charge on any atom is 0.234 e. The molecule has 1 saturated heterocycles. The molecular formula is C24H37N3O3. The summed E-state index contributed by atoms with van der Waals surface area (Å²) in [6.07, 6.45) is 5.76. The fraction of sp³-hybridized carbons (Fsp3) is 0.625. The number of rotatable bonds is 11. The Balaban J connectivity index is 1.63. The van der Waals surface area contributed by atoms with Crippen LogP contribution in [-0.4, -0.2) is 41.2 Å². The van der Waals surface area contributed by atoms with Gasteiger partial charge in [0.15, 0.2) is 0 Å². The third kappa shape index (κ3) is 7.15. The molecule has 1 aromatic rings. The molecule has 6 heteroatoms. The van der Waals surface area contributed by atoms with E-state index in [-0.39, 0.29) is 35.7 Å². The minimum absolute atomic E-state index is 0.184. The van der Waals surface area contributed by atoms with Gasteiger partial charge in [0.2, 0.25) is 17.7 Å². The van der Waals surface area contributed by atoms with E-state index in [1.807, 2.05) is 29.2 Å². The molecule has 0 spiro atoms. The van der Waals surface area contributed by atoms with Gasteiger partial charge in [-0.05, 0) is 64.7 Å². The average Bonchev–Trinajstić information content (AvgIpc) is 2.67. The Bertz CT molecular complexity index is 705. The molecule has 30 heavy (non-hydrogen) atoms. The molecule has 0 bridgehead atoms. The van der Waals surface area contributed by atoms with Gasteiger partial charge in [0.25, 0.3) is 0 Å². The largest absolute Gasteiger partial charge is 0.385 e. The first kappa shape index (κ1) is 23.9. The summed E-state index contributed by atoms with van der Waals surface area (Å²) in [6.45, 7) is 9.17. The molecule has 0 radical (unpaired) electrons. The zero-order chi connectivity index (χ0) is 22.1. The molecule has 6 nitrogen and oxygen atoms in total. The van der Waals surface area contributed by atoms with E-state index >= 15 is 0 Å². The maximum atomic E-state index is 12.4. The molecule has 166 valence electrons. The van der Waals surface area contributed by atoms with E-state index in [0.29, 0.717) is 19.3 Å². The number of nitrogens with one attached hydrogen (secondary N) is 2. The van der Waals surface area contributed by atoms with Crippen LogP contribution < -0.4 is 10.6 Å². The summed E-state index contributed by atoms with van der Waals surface area (Å²) in [5.74, 6) is -0.359. The Hall–Kier alpha value is -2.37. The van der Waals surface area contributed by atoms with Gasteiger partial charge in [-0.25, -0.2) is 0 Å². The van der Waals surface area contributed by atoms with Gasteiger partial charge in [0, 0.05) is 37.2 Å². The number of anilines is 1. The van der Waals surface area contributed by atoms with Crippen LogP contribution in [-0.2, 0) is 14.4 Å². The third-order valence-corrected chi connectivity index (χ3v) is 5.60. The monoisotopic (exact) mass is 415 g/mol. The van der Waals surface area contributed by atoms with E-state index in [1.165, 1.54) is 0 Å². The molecular weight excluding hydrogens is 378 g/mol. The third-order valence-electron chi connectivity index (χ3n) is 5.60. The highest BCUT2D eigenvalue weighted by atomic mass is 16.2. The van der Waals surface area contributed by atoms with E-state index < -0.39 is 0 Å². The van der Waals surface area contributed by atoms with Gasteiger partial charge in [-0.1, -0.05) is 25.0 Å². The van der Waals surface area contributed by atoms with Crippen LogP contribution in [0.4, 0.5) is 5.69 Å². The van der Waals surface area contributed by atoms with Crippen molar-refractivity contribution in [2.24, 2.45) is 0 Å². The maximum absolute atomic E-state index is 12.4. The second-order valence-corrected chi connectivity index (χ2v) is 8.71. The Morgan fingerprint density at radius 1 is 1.03 bits per heavy atom. The normalized spacial score (nSPS) is 16.7. The second-order valence-electron chi connectivity index (χ2n) is 8.71. The molecule has 1 aromatic carbocycles. The van der Waals surface area contributed by atoms with Gasteiger partial charge in [0.05, 0.1) is 5.92 Å². The molecule has 2 rings (SSSR count). The number of imide groups is 1. The molecule has 1 fully saturated rings. The van der Waals surface area contributed by atoms with Gasteiger partial charge in [0.1, 0.15) is 0 Å². The number of amides is 3. The zero-order valence-corrected chi connectivity index (χ0v) is 18.9. The van der Waals surface area contributed by atoms with Gasteiger partial charge >= 0.3 is 0 Å². The summed E-state index contributed by atoms with van der Waals surface area (Å²) < 4.78 is 0. The van der Waals surface area contributed by atoms with Gasteiger partial charge in [-0.3, -0.25) is 19.7 Å². The number of benzene rings is 1. The highest BCUT2D eigenvalue weighted by Gasteiger charge is 2.27. The van der Waals surface area contributed by atoms with E-state index in [4.69, 9.17) is 0 Å². The van der Waals surface area contributed by atoms with E-state index in [2.05, 4.69) is 38.3 Å². The zero-order valence-electron chi connectivity index (χ0n) is 18.9. The lowest BCUT2D eigenvalue weighted by Crippen LogP contribution is -2.41. The van der Waals surface area contributed by atoms with E-state index in [0.717, 1.165) is 43.5 Å². The Morgan fingerprint density at radius 3 is 2.27 bits per heavy atom. The summed E-state index contributed by atoms with van der Waals surface area (Å²) in [4.78, 5) is 37.6. The highest BCUT2D eigenvalue weighted by Crippen LogP contribution is 2.25. The number of hydrogen-bond donors (Lipinski definition) is 2. The summed E-state index contributed by atoms with van der Waals surface area (Å²) in [6, 6.07) is 8.41. The van der Waals surface area contributed by atoms with E-state index in [1.54, 1.807) is 0 Å². The van der Waals surface area contributed by atoms with Crippen molar-refractivity contribution in [2.45, 2.75) is 90.6 Å². The number of piperidine rings is 1. The summed E-state index contributed by atoms with van der Waals surface area (Å²) in [5.41, 5.74) is 1.98. The van der Waals surface area contributed by atoms with Crippen LogP contribution >= 0.6 is 0 Å². The van der Waals surface area contributed by atoms with Crippen molar-refractivity contribution < 1.29 is 14.4 Å². The molecule has 1 aliphatic rings. The van der Waals surface area contributed by atoms with Crippen molar-refractivity contribution in [3.05, 3.63) is 29.8 Å². The first-order valence-corrected chi connectivity index (χ1v) is 11.3. The van der Waals surface area contributed by atoms with Crippen molar-refractivity contribution in [1.29, 1.82) is 0 Å². The van der Waals surface area contributed by atoms with Crippen molar-refractivity contribution in [3.63, 3.8) is 0 Å². The van der Waals surface area contributed by atoms with Gasteiger partial charge < -0.3 is 10.2 Å². The van der Waals surface area contributed by atoms with E-state index in [9.17, 15) is 14.4 Å². The fourth-order valence-corrected chi connectivity index (χ4v) is 4.13. The summed E-state index contributed by atoms with van der Waals surface area (Å²) >= 11 is 0. The molecule has 2 N–H and O–H groups in total. The van der Waals surface area contributed by atoms with Crippen LogP contribution in [0, 0.1) is 0 Å². The van der Waals surface area contributed by atoms with Crippen LogP contribution in [0.3, 0.4) is 0 Å². The van der Waals surface area contributed by atoms with Gasteiger partial charge in [-0.2, -0.15) is 0 Å². The summed E-state index contributed by atoms with van der Waals surface area (Å²) in [7, 11) is 0. The number of hydrogen-bond acceptors (Lipinski definition) is 4. The Kier molecular flexibility index (Phi) is 9.34. The number of unbranched alkanes of at least 4 members (excludes halogenated alkanes) is 3. The predicted molar refractivity (Wildman–Crippen MR) is 120 cm³/mol. The lowest BCUT2D eigenvalue weighted by Gasteiger charge is -2.30. The summed E-state index contributed by atoms with van der Waals surface area (Å²) in [5, 5.41) is 5.82. The van der Waals surface area contributed by atoms with Crippen LogP contribution in [0.1, 0.15) is 84.1 Å². The minimum Gasteiger partial charge on any atom is -0.385 e. The predicted octanol–water partition coefficient (Wildman–Crippen LogP) is 4.21. The SMILES string of the molecule is CC(C)N(C(=O)CCCCCCNc1ccc(C2CCC(=O)NC2=O)cc1)C(C)C. The van der Waals surface area contributed by atoms with Crippen LogP contribution in [0.5, 0.6) is 0 Å². The lowest BCUT2D eigenvalue weighted by molar-refractivity contribution is -0.135. The first-order valence-electron chi connectivity index (χ1n) is 11.3. The van der Waals surface area contributed by atoms with Crippen molar-refractivity contribution in [2.75, 3.05) is 11.9 Å².